The third-order valence-corrected chi connectivity index (χ3v) is 6.03. The normalized spacial score (nSPS) is 13.0. The molecule has 0 radical (unpaired) electrons. The molecule has 0 saturated heterocycles. The van der Waals surface area contributed by atoms with Gasteiger partial charge in [-0.25, -0.2) is 4.98 Å². The first kappa shape index (κ1) is 24.5. The molecule has 0 aliphatic heterocycles. The summed E-state index contributed by atoms with van der Waals surface area (Å²) in [5.74, 6) is 1.81. The summed E-state index contributed by atoms with van der Waals surface area (Å²) < 4.78 is 14.5. The van der Waals surface area contributed by atoms with E-state index in [0.717, 1.165) is 20.9 Å². The average Bonchev–Trinajstić information content (AvgIpc) is 2.73. The van der Waals surface area contributed by atoms with Crippen molar-refractivity contribution in [2.75, 3.05) is 7.11 Å². The Morgan fingerprint density at radius 2 is 1.94 bits per heavy atom. The molecule has 6 nitrogen and oxygen atoms in total. The van der Waals surface area contributed by atoms with Crippen LogP contribution >= 0.6 is 31.9 Å². The Morgan fingerprint density at radius 3 is 2.56 bits per heavy atom. The molecule has 1 aromatic heterocycles. The lowest BCUT2D eigenvalue weighted by molar-refractivity contribution is 0.206. The Labute approximate surface area is 204 Å². The minimum Gasteiger partial charge on any atom is -0.493 e. The first-order valence-electron chi connectivity index (χ1n) is 10.4. The molecule has 0 spiro atoms. The lowest BCUT2D eigenvalue weighted by Gasteiger charge is -2.21. The van der Waals surface area contributed by atoms with Gasteiger partial charge in [0.1, 0.15) is 5.82 Å². The van der Waals surface area contributed by atoms with Crippen LogP contribution in [0.25, 0.3) is 10.9 Å². The summed E-state index contributed by atoms with van der Waals surface area (Å²) in [6.07, 6.45) is 2.56. The summed E-state index contributed by atoms with van der Waals surface area (Å²) in [5.41, 5.74) is 0.793. The van der Waals surface area contributed by atoms with E-state index < -0.39 is 0 Å². The Kier molecular flexibility index (Phi) is 7.45. The van der Waals surface area contributed by atoms with Gasteiger partial charge in [0.05, 0.1) is 34.8 Å². The van der Waals surface area contributed by atoms with E-state index in [0.29, 0.717) is 28.2 Å². The highest BCUT2D eigenvalue weighted by Gasteiger charge is 2.23. The molecule has 0 unspecified atom stereocenters. The van der Waals surface area contributed by atoms with Crippen molar-refractivity contribution in [2.45, 2.75) is 52.6 Å². The zero-order valence-corrected chi connectivity index (χ0v) is 22.2. The van der Waals surface area contributed by atoms with Gasteiger partial charge in [-0.15, -0.1) is 0 Å². The average molecular weight is 565 g/mol. The van der Waals surface area contributed by atoms with E-state index in [-0.39, 0.29) is 17.1 Å². The molecule has 8 heteroatoms. The molecule has 0 aliphatic rings. The maximum Gasteiger partial charge on any atom is 0.282 e. The van der Waals surface area contributed by atoms with Crippen LogP contribution in [0, 0.1) is 0 Å². The van der Waals surface area contributed by atoms with Crippen molar-refractivity contribution in [2.24, 2.45) is 5.10 Å². The lowest BCUT2D eigenvalue weighted by Crippen LogP contribution is -2.29. The van der Waals surface area contributed by atoms with E-state index in [2.05, 4.69) is 43.9 Å². The second-order valence-corrected chi connectivity index (χ2v) is 10.3. The fraction of sp³-hybridized carbons (Fsp3) is 0.375. The van der Waals surface area contributed by atoms with E-state index in [1.165, 1.54) is 4.68 Å². The summed E-state index contributed by atoms with van der Waals surface area (Å²) in [7, 11) is 1.60. The molecule has 3 rings (SSSR count). The summed E-state index contributed by atoms with van der Waals surface area (Å²) >= 11 is 7.00. The topological polar surface area (TPSA) is 65.7 Å². The Morgan fingerprint density at radius 1 is 1.22 bits per heavy atom. The number of benzene rings is 2. The van der Waals surface area contributed by atoms with Crippen LogP contribution in [0.15, 0.2) is 49.2 Å². The largest absolute Gasteiger partial charge is 0.493 e. The number of halogens is 2. The molecule has 0 N–H and O–H groups in total. The van der Waals surface area contributed by atoms with Gasteiger partial charge in [0.25, 0.3) is 5.56 Å². The van der Waals surface area contributed by atoms with Gasteiger partial charge in [0.2, 0.25) is 0 Å². The Balaban J connectivity index is 2.13. The van der Waals surface area contributed by atoms with Crippen LogP contribution in [0.5, 0.6) is 11.5 Å². The molecule has 1 atom stereocenters. The second-order valence-electron chi connectivity index (χ2n) is 8.58. The number of nitrogens with zero attached hydrogens (tertiary/aromatic N) is 3. The van der Waals surface area contributed by atoms with Gasteiger partial charge in [-0.2, -0.15) is 9.78 Å². The van der Waals surface area contributed by atoms with Gasteiger partial charge in [-0.1, -0.05) is 43.6 Å². The molecule has 1 heterocycles. The number of hydrogen-bond acceptors (Lipinski definition) is 5. The molecular weight excluding hydrogens is 538 g/mol. The Bertz CT molecular complexity index is 1230. The maximum absolute atomic E-state index is 13.3. The van der Waals surface area contributed by atoms with Crippen molar-refractivity contribution in [3.63, 3.8) is 0 Å². The highest BCUT2D eigenvalue weighted by molar-refractivity contribution is 9.10. The maximum atomic E-state index is 13.3. The van der Waals surface area contributed by atoms with E-state index >= 15 is 0 Å². The van der Waals surface area contributed by atoms with Crippen molar-refractivity contribution in [3.05, 3.63) is 61.0 Å². The van der Waals surface area contributed by atoms with Crippen LogP contribution in [0.4, 0.5) is 0 Å². The predicted molar refractivity (Wildman–Crippen MR) is 136 cm³/mol. The molecule has 0 saturated carbocycles. The van der Waals surface area contributed by atoms with Crippen LogP contribution in [-0.2, 0) is 5.41 Å². The summed E-state index contributed by atoms with van der Waals surface area (Å²) in [5, 5.41) is 5.03. The van der Waals surface area contributed by atoms with Crippen LogP contribution in [0.2, 0.25) is 0 Å². The number of ether oxygens (including phenoxy) is 2. The quantitative estimate of drug-likeness (QED) is 0.330. The number of fused-ring (bicyclic) bond motifs is 1. The van der Waals surface area contributed by atoms with Crippen LogP contribution < -0.4 is 15.0 Å². The lowest BCUT2D eigenvalue weighted by atomic mass is 9.95. The zero-order valence-electron chi connectivity index (χ0n) is 19.1. The summed E-state index contributed by atoms with van der Waals surface area (Å²) in [4.78, 5) is 18.0. The van der Waals surface area contributed by atoms with E-state index in [1.807, 2.05) is 52.0 Å². The number of hydrogen-bond donors (Lipinski definition) is 0. The van der Waals surface area contributed by atoms with Gasteiger partial charge in [-0.05, 0) is 65.2 Å². The smallest absolute Gasteiger partial charge is 0.282 e. The third-order valence-electron chi connectivity index (χ3n) is 4.95. The SMILES string of the molecule is CC[C@@H](C)Oc1c(Br)cc(C=Nn2c(C(C)(C)C)nc3ccc(Br)cc3c2=O)cc1OC. The van der Waals surface area contributed by atoms with Crippen molar-refractivity contribution in [1.29, 1.82) is 0 Å². The van der Waals surface area contributed by atoms with Crippen molar-refractivity contribution in [3.8, 4) is 11.5 Å². The molecule has 3 aromatic rings. The highest BCUT2D eigenvalue weighted by Crippen LogP contribution is 2.37. The van der Waals surface area contributed by atoms with Crippen LogP contribution in [-0.4, -0.2) is 29.1 Å². The van der Waals surface area contributed by atoms with Crippen molar-refractivity contribution < 1.29 is 9.47 Å². The number of rotatable bonds is 6. The van der Waals surface area contributed by atoms with E-state index in [1.54, 1.807) is 19.4 Å². The number of methoxy groups -OCH3 is 1. The monoisotopic (exact) mass is 563 g/mol. The first-order chi connectivity index (χ1) is 15.0. The highest BCUT2D eigenvalue weighted by atomic mass is 79.9. The van der Waals surface area contributed by atoms with Gasteiger partial charge in [0, 0.05) is 9.89 Å². The fourth-order valence-corrected chi connectivity index (χ4v) is 3.99. The summed E-state index contributed by atoms with van der Waals surface area (Å²) in [6, 6.07) is 9.20. The Hall–Kier alpha value is -2.19. The minimum absolute atomic E-state index is 0.0515. The van der Waals surface area contributed by atoms with Crippen molar-refractivity contribution in [1.82, 2.24) is 9.66 Å². The van der Waals surface area contributed by atoms with E-state index in [4.69, 9.17) is 14.5 Å². The van der Waals surface area contributed by atoms with E-state index in [9.17, 15) is 4.79 Å². The van der Waals surface area contributed by atoms with Crippen LogP contribution in [0.3, 0.4) is 0 Å². The minimum atomic E-state index is -0.385. The second kappa shape index (κ2) is 9.75. The molecule has 2 aromatic carbocycles. The molecule has 0 bridgehead atoms. The predicted octanol–water partition coefficient (Wildman–Crippen LogP) is 6.29. The van der Waals surface area contributed by atoms with Gasteiger partial charge < -0.3 is 9.47 Å². The van der Waals surface area contributed by atoms with Crippen molar-refractivity contribution >= 4 is 49.0 Å². The zero-order chi connectivity index (χ0) is 23.6. The summed E-state index contributed by atoms with van der Waals surface area (Å²) in [6.45, 7) is 10.1. The van der Waals surface area contributed by atoms with Gasteiger partial charge in [0.15, 0.2) is 11.5 Å². The first-order valence-corrected chi connectivity index (χ1v) is 11.9. The molecular formula is C24H27Br2N3O3. The standard InChI is InChI=1S/C24H27Br2N3O3/c1-7-14(2)32-21-18(26)10-15(11-20(21)31-6)13-27-29-22(30)17-12-16(25)8-9-19(17)28-23(29)24(3,4)5/h8-14H,7H2,1-6H3/t14-/m1/s1. The molecule has 0 fully saturated rings. The number of aromatic nitrogens is 2. The fourth-order valence-electron chi connectivity index (χ4n) is 3.08. The molecule has 32 heavy (non-hydrogen) atoms. The molecule has 0 amide bonds. The molecule has 170 valence electrons. The molecule has 0 aliphatic carbocycles. The van der Waals surface area contributed by atoms with Crippen LogP contribution in [0.1, 0.15) is 52.4 Å². The third kappa shape index (κ3) is 5.23. The van der Waals surface area contributed by atoms with Gasteiger partial charge in [-0.3, -0.25) is 4.79 Å². The van der Waals surface area contributed by atoms with Gasteiger partial charge >= 0.3 is 0 Å².